The molecular formula is C15H22N2O2. The fraction of sp³-hybridized carbons (Fsp3) is 0.533. The Kier molecular flexibility index (Phi) is 4.56. The monoisotopic (exact) mass is 262 g/mol. The predicted octanol–water partition coefficient (Wildman–Crippen LogP) is 1.72. The maximum absolute atomic E-state index is 11.9. The summed E-state index contributed by atoms with van der Waals surface area (Å²) >= 11 is 0. The highest BCUT2D eigenvalue weighted by Gasteiger charge is 2.34. The second kappa shape index (κ2) is 6.17. The first-order chi connectivity index (χ1) is 9.13. The van der Waals surface area contributed by atoms with Crippen LogP contribution in [-0.2, 0) is 22.7 Å². The molecule has 0 bridgehead atoms. The number of hydrogen-bond donors (Lipinski definition) is 2. The Bertz CT molecular complexity index is 442. The molecule has 0 unspecified atom stereocenters. The van der Waals surface area contributed by atoms with Crippen LogP contribution >= 0.6 is 0 Å². The molecule has 1 amide bonds. The fourth-order valence-corrected chi connectivity index (χ4v) is 2.41. The number of rotatable bonds is 6. The molecule has 0 saturated heterocycles. The number of nitrogens with two attached hydrogens (primary N) is 1. The van der Waals surface area contributed by atoms with E-state index in [2.05, 4.69) is 5.32 Å². The van der Waals surface area contributed by atoms with E-state index in [4.69, 9.17) is 10.5 Å². The Morgan fingerprint density at radius 1 is 1.37 bits per heavy atom. The highest BCUT2D eigenvalue weighted by atomic mass is 16.5. The topological polar surface area (TPSA) is 64.3 Å². The summed E-state index contributed by atoms with van der Waals surface area (Å²) in [5.41, 5.74) is 8.02. The molecule has 0 spiro atoms. The summed E-state index contributed by atoms with van der Waals surface area (Å²) in [7, 11) is 1.67. The van der Waals surface area contributed by atoms with Gasteiger partial charge in [0.1, 0.15) is 0 Å². The van der Waals surface area contributed by atoms with Crippen LogP contribution in [0.2, 0.25) is 0 Å². The Morgan fingerprint density at radius 2 is 2.05 bits per heavy atom. The van der Waals surface area contributed by atoms with E-state index >= 15 is 0 Å². The average Bonchev–Trinajstić information content (AvgIpc) is 2.36. The van der Waals surface area contributed by atoms with Gasteiger partial charge in [0, 0.05) is 25.6 Å². The summed E-state index contributed by atoms with van der Waals surface area (Å²) in [6.45, 7) is 1.10. The van der Waals surface area contributed by atoms with Crippen molar-refractivity contribution in [2.45, 2.75) is 44.4 Å². The zero-order valence-corrected chi connectivity index (χ0v) is 11.4. The van der Waals surface area contributed by atoms with Crippen LogP contribution in [-0.4, -0.2) is 18.6 Å². The van der Waals surface area contributed by atoms with Crippen LogP contribution in [0.5, 0.6) is 0 Å². The van der Waals surface area contributed by atoms with Crippen LogP contribution in [0.4, 0.5) is 0 Å². The molecule has 1 aliphatic rings. The number of methoxy groups -OCH3 is 1. The first-order valence-electron chi connectivity index (χ1n) is 6.74. The molecule has 0 radical (unpaired) electrons. The highest BCUT2D eigenvalue weighted by molar-refractivity contribution is 5.77. The quantitative estimate of drug-likeness (QED) is 0.820. The fourth-order valence-electron chi connectivity index (χ4n) is 2.41. The normalized spacial score (nSPS) is 16.7. The maximum atomic E-state index is 11.9. The van der Waals surface area contributed by atoms with Crippen LogP contribution in [0.25, 0.3) is 0 Å². The van der Waals surface area contributed by atoms with E-state index in [0.29, 0.717) is 19.6 Å². The maximum Gasteiger partial charge on any atom is 0.222 e. The molecule has 1 saturated carbocycles. The molecule has 2 rings (SSSR count). The highest BCUT2D eigenvalue weighted by Crippen LogP contribution is 2.31. The number of benzene rings is 1. The molecule has 0 aromatic heterocycles. The third kappa shape index (κ3) is 3.78. The van der Waals surface area contributed by atoms with Crippen molar-refractivity contribution < 1.29 is 9.53 Å². The Balaban J connectivity index is 1.86. The lowest BCUT2D eigenvalue weighted by Gasteiger charge is -2.37. The largest absolute Gasteiger partial charge is 0.380 e. The molecule has 4 heteroatoms. The van der Waals surface area contributed by atoms with Gasteiger partial charge in [0.15, 0.2) is 0 Å². The molecule has 4 nitrogen and oxygen atoms in total. The second-order valence-electron chi connectivity index (χ2n) is 5.37. The van der Waals surface area contributed by atoms with E-state index in [9.17, 15) is 4.79 Å². The molecule has 3 N–H and O–H groups in total. The van der Waals surface area contributed by atoms with Crippen LogP contribution < -0.4 is 11.1 Å². The average molecular weight is 262 g/mol. The third-order valence-corrected chi connectivity index (χ3v) is 3.76. The van der Waals surface area contributed by atoms with Gasteiger partial charge < -0.3 is 15.8 Å². The van der Waals surface area contributed by atoms with Gasteiger partial charge in [-0.2, -0.15) is 0 Å². The zero-order valence-electron chi connectivity index (χ0n) is 11.4. The molecule has 1 aliphatic carbocycles. The lowest BCUT2D eigenvalue weighted by atomic mass is 9.75. The molecule has 0 atom stereocenters. The van der Waals surface area contributed by atoms with Crippen molar-refractivity contribution in [3.8, 4) is 0 Å². The summed E-state index contributed by atoms with van der Waals surface area (Å²) in [5.74, 6) is 0.0365. The van der Waals surface area contributed by atoms with Gasteiger partial charge in [0.25, 0.3) is 0 Å². The van der Waals surface area contributed by atoms with Gasteiger partial charge in [-0.1, -0.05) is 24.3 Å². The first kappa shape index (κ1) is 14.0. The van der Waals surface area contributed by atoms with Crippen molar-refractivity contribution in [2.24, 2.45) is 5.73 Å². The molecule has 104 valence electrons. The smallest absolute Gasteiger partial charge is 0.222 e. The summed E-state index contributed by atoms with van der Waals surface area (Å²) in [6, 6.07) is 7.97. The minimum Gasteiger partial charge on any atom is -0.380 e. The number of carbonyl (C=O) groups is 1. The molecule has 1 aromatic carbocycles. The van der Waals surface area contributed by atoms with Crippen molar-refractivity contribution >= 4 is 5.91 Å². The molecule has 19 heavy (non-hydrogen) atoms. The van der Waals surface area contributed by atoms with Crippen LogP contribution in [0.3, 0.4) is 0 Å². The van der Waals surface area contributed by atoms with E-state index < -0.39 is 0 Å². The number of ether oxygens (including phenoxy) is 1. The molecule has 1 aromatic rings. The van der Waals surface area contributed by atoms with E-state index in [-0.39, 0.29) is 11.4 Å². The standard InChI is InChI=1S/C15H22N2O2/c1-19-11-13-6-3-2-5-12(13)10-17-14(18)9-15(16)7-4-8-15/h2-3,5-6H,4,7-11,16H2,1H3,(H,17,18). The van der Waals surface area contributed by atoms with Crippen LogP contribution in [0.15, 0.2) is 24.3 Å². The summed E-state index contributed by atoms with van der Waals surface area (Å²) < 4.78 is 5.15. The number of carbonyl (C=O) groups excluding carboxylic acids is 1. The van der Waals surface area contributed by atoms with Crippen molar-refractivity contribution in [1.29, 1.82) is 0 Å². The van der Waals surface area contributed by atoms with Crippen molar-refractivity contribution in [2.75, 3.05) is 7.11 Å². The number of nitrogens with one attached hydrogen (secondary N) is 1. The summed E-state index contributed by atoms with van der Waals surface area (Å²) in [4.78, 5) is 11.9. The van der Waals surface area contributed by atoms with Gasteiger partial charge in [-0.25, -0.2) is 0 Å². The van der Waals surface area contributed by atoms with E-state index in [0.717, 1.165) is 30.4 Å². The first-order valence-corrected chi connectivity index (χ1v) is 6.74. The van der Waals surface area contributed by atoms with Gasteiger partial charge in [0.2, 0.25) is 5.91 Å². The SMILES string of the molecule is COCc1ccccc1CNC(=O)CC1(N)CCC1. The summed E-state index contributed by atoms with van der Waals surface area (Å²) in [5, 5.41) is 2.95. The molecular weight excluding hydrogens is 240 g/mol. The van der Waals surface area contributed by atoms with E-state index in [1.807, 2.05) is 24.3 Å². The lowest BCUT2D eigenvalue weighted by Crippen LogP contribution is -2.49. The Morgan fingerprint density at radius 3 is 2.63 bits per heavy atom. The minimum absolute atomic E-state index is 0.0365. The van der Waals surface area contributed by atoms with Gasteiger partial charge in [-0.3, -0.25) is 4.79 Å². The summed E-state index contributed by atoms with van der Waals surface area (Å²) in [6.07, 6.45) is 3.49. The predicted molar refractivity (Wildman–Crippen MR) is 74.4 cm³/mol. The molecule has 0 heterocycles. The van der Waals surface area contributed by atoms with E-state index in [1.165, 1.54) is 0 Å². The van der Waals surface area contributed by atoms with Gasteiger partial charge in [-0.15, -0.1) is 0 Å². The Labute approximate surface area is 114 Å². The zero-order chi connectivity index (χ0) is 13.7. The second-order valence-corrected chi connectivity index (χ2v) is 5.37. The minimum atomic E-state index is -0.254. The molecule has 0 aliphatic heterocycles. The van der Waals surface area contributed by atoms with Crippen molar-refractivity contribution in [1.82, 2.24) is 5.32 Å². The Hall–Kier alpha value is -1.39. The lowest BCUT2D eigenvalue weighted by molar-refractivity contribution is -0.123. The van der Waals surface area contributed by atoms with Gasteiger partial charge >= 0.3 is 0 Å². The number of amides is 1. The third-order valence-electron chi connectivity index (χ3n) is 3.76. The van der Waals surface area contributed by atoms with Crippen molar-refractivity contribution in [3.05, 3.63) is 35.4 Å². The van der Waals surface area contributed by atoms with E-state index in [1.54, 1.807) is 7.11 Å². The van der Waals surface area contributed by atoms with Crippen LogP contribution in [0.1, 0.15) is 36.8 Å². The van der Waals surface area contributed by atoms with Gasteiger partial charge in [-0.05, 0) is 30.4 Å². The van der Waals surface area contributed by atoms with Gasteiger partial charge in [0.05, 0.1) is 6.61 Å². The van der Waals surface area contributed by atoms with Crippen LogP contribution in [0, 0.1) is 0 Å². The van der Waals surface area contributed by atoms with Crippen molar-refractivity contribution in [3.63, 3.8) is 0 Å². The number of hydrogen-bond acceptors (Lipinski definition) is 3. The molecule has 1 fully saturated rings.